The van der Waals surface area contributed by atoms with Crippen LogP contribution in [0.25, 0.3) is 0 Å². The minimum atomic E-state index is -1.29. The third-order valence-corrected chi connectivity index (χ3v) is 3.62. The van der Waals surface area contributed by atoms with Crippen LogP contribution in [0.4, 0.5) is 0 Å². The number of primary amides is 1. The predicted molar refractivity (Wildman–Crippen MR) is 124 cm³/mol. The maximum Gasteiger partial charge on any atom is 0.321 e. The standard InChI is InChI=1S/C5H10N2O3.C5H9NO4.C4H7NO4.C3H7NO2S/c2*6-3(5(9)10)1-2-4(7)8;5-2(4(8)9)1-3(6)7;4-2(1-7)3(5)6/h3H,1-2,6H2,(H2,7,8)(H,9,10);3H,1-2,6H2,(H,7,8)(H,9,10);2H,1,5H2,(H,6,7)(H,8,9);2,7H,1,4H2,(H,5,6)/t2*3-;2*2-/m0000/s1. The first kappa shape index (κ1) is 39.7. The summed E-state index contributed by atoms with van der Waals surface area (Å²) in [5.74, 6) is -7.15. The molecule has 0 aliphatic rings. The van der Waals surface area contributed by atoms with Crippen molar-refractivity contribution in [2.75, 3.05) is 5.75 Å². The van der Waals surface area contributed by atoms with Crippen LogP contribution >= 0.6 is 12.6 Å². The van der Waals surface area contributed by atoms with Crippen molar-refractivity contribution in [1.29, 1.82) is 0 Å². The van der Waals surface area contributed by atoms with E-state index in [4.69, 9.17) is 59.3 Å². The Labute approximate surface area is 209 Å². The number of carboxylic acids is 6. The molecule has 0 bridgehead atoms. The van der Waals surface area contributed by atoms with Crippen molar-refractivity contribution in [3.8, 4) is 0 Å². The van der Waals surface area contributed by atoms with Gasteiger partial charge in [-0.05, 0) is 12.8 Å². The Hall–Kier alpha value is -3.52. The fourth-order valence-corrected chi connectivity index (χ4v) is 1.33. The van der Waals surface area contributed by atoms with Gasteiger partial charge in [0, 0.05) is 18.6 Å². The molecular weight excluding hydrogens is 514 g/mol. The molecule has 0 spiro atoms. The van der Waals surface area contributed by atoms with Crippen molar-refractivity contribution in [2.45, 2.75) is 56.3 Å². The summed E-state index contributed by atoms with van der Waals surface area (Å²) in [6, 6.07) is -4.14. The molecule has 0 unspecified atom stereocenters. The summed E-state index contributed by atoms with van der Waals surface area (Å²) in [5.41, 5.74) is 24.6. The van der Waals surface area contributed by atoms with Crippen LogP contribution in [0.5, 0.6) is 0 Å². The zero-order valence-corrected chi connectivity index (χ0v) is 19.8. The van der Waals surface area contributed by atoms with Gasteiger partial charge in [0.15, 0.2) is 0 Å². The minimum absolute atomic E-state index is 0.0213. The van der Waals surface area contributed by atoms with E-state index in [0.717, 1.165) is 0 Å². The zero-order valence-electron chi connectivity index (χ0n) is 18.9. The summed E-state index contributed by atoms with van der Waals surface area (Å²) >= 11 is 3.65. The van der Waals surface area contributed by atoms with Crippen molar-refractivity contribution in [3.63, 3.8) is 0 Å². The van der Waals surface area contributed by atoms with E-state index in [0.29, 0.717) is 0 Å². The predicted octanol–water partition coefficient (Wildman–Crippen LogP) is -3.87. The van der Waals surface area contributed by atoms with E-state index in [-0.39, 0.29) is 31.4 Å². The summed E-state index contributed by atoms with van der Waals surface area (Å²) in [6.45, 7) is 0. The molecule has 4 atom stereocenters. The first-order chi connectivity index (χ1) is 16.3. The Kier molecular flexibility index (Phi) is 25.6. The maximum absolute atomic E-state index is 10.1. The van der Waals surface area contributed by atoms with Crippen molar-refractivity contribution in [2.24, 2.45) is 28.7 Å². The molecule has 16 N–H and O–H groups in total. The molecule has 19 heteroatoms. The Morgan fingerprint density at radius 3 is 1.06 bits per heavy atom. The highest BCUT2D eigenvalue weighted by molar-refractivity contribution is 7.80. The molecule has 36 heavy (non-hydrogen) atoms. The summed E-state index contributed by atoms with van der Waals surface area (Å²) in [7, 11) is 0. The number of aliphatic carboxylic acids is 6. The normalized spacial score (nSPS) is 12.7. The summed E-state index contributed by atoms with van der Waals surface area (Å²) in [5, 5.41) is 48.5. The average Bonchev–Trinajstić information content (AvgIpc) is 2.75. The van der Waals surface area contributed by atoms with Gasteiger partial charge in [-0.3, -0.25) is 33.6 Å². The smallest absolute Gasteiger partial charge is 0.321 e. The number of thiol groups is 1. The van der Waals surface area contributed by atoms with Gasteiger partial charge in [0.05, 0.1) is 6.42 Å². The van der Waals surface area contributed by atoms with E-state index < -0.39 is 72.3 Å². The molecule has 0 aromatic carbocycles. The molecule has 0 aromatic heterocycles. The number of carbonyl (C=O) groups is 7. The number of amides is 1. The van der Waals surface area contributed by atoms with E-state index in [2.05, 4.69) is 12.6 Å². The minimum Gasteiger partial charge on any atom is -0.481 e. The number of nitrogens with two attached hydrogens (primary N) is 5. The monoisotopic (exact) mass is 547 g/mol. The highest BCUT2D eigenvalue weighted by Crippen LogP contribution is 1.93. The van der Waals surface area contributed by atoms with Crippen molar-refractivity contribution >= 4 is 54.4 Å². The molecule has 0 radical (unpaired) electrons. The van der Waals surface area contributed by atoms with E-state index in [9.17, 15) is 33.6 Å². The second-order valence-corrected chi connectivity index (χ2v) is 6.86. The molecular formula is C17H33N5O13S. The Morgan fingerprint density at radius 2 is 0.889 bits per heavy atom. The Bertz CT molecular complexity index is 704. The van der Waals surface area contributed by atoms with Gasteiger partial charge in [-0.1, -0.05) is 0 Å². The molecule has 0 rings (SSSR count). The van der Waals surface area contributed by atoms with Gasteiger partial charge in [-0.15, -0.1) is 0 Å². The molecule has 0 aliphatic carbocycles. The van der Waals surface area contributed by atoms with Crippen molar-refractivity contribution in [1.82, 2.24) is 0 Å². The topological polar surface area (TPSA) is 371 Å². The number of rotatable bonds is 13. The van der Waals surface area contributed by atoms with Crippen LogP contribution in [0, 0.1) is 0 Å². The van der Waals surface area contributed by atoms with Crippen LogP contribution in [-0.4, -0.2) is 102 Å². The highest BCUT2D eigenvalue weighted by Gasteiger charge is 2.14. The summed E-state index contributed by atoms with van der Waals surface area (Å²) in [4.78, 5) is 69.4. The number of carboxylic acid groups (broad SMARTS) is 6. The van der Waals surface area contributed by atoms with Gasteiger partial charge in [0.2, 0.25) is 5.91 Å². The molecule has 0 saturated heterocycles. The van der Waals surface area contributed by atoms with Crippen LogP contribution < -0.4 is 28.7 Å². The first-order valence-electron chi connectivity index (χ1n) is 9.56. The number of hydrogen-bond donors (Lipinski definition) is 12. The Morgan fingerprint density at radius 1 is 0.556 bits per heavy atom. The lowest BCUT2D eigenvalue weighted by molar-refractivity contribution is -0.144. The fraction of sp³-hybridized carbons (Fsp3) is 0.588. The summed E-state index contributed by atoms with van der Waals surface area (Å²) in [6.07, 6.45) is -0.633. The largest absolute Gasteiger partial charge is 0.481 e. The highest BCUT2D eigenvalue weighted by atomic mass is 32.1. The van der Waals surface area contributed by atoms with Gasteiger partial charge >= 0.3 is 35.8 Å². The molecule has 210 valence electrons. The fourth-order valence-electron chi connectivity index (χ4n) is 1.18. The van der Waals surface area contributed by atoms with Crippen molar-refractivity contribution in [3.05, 3.63) is 0 Å². The Balaban J connectivity index is -0.000000191. The SMILES string of the molecule is NC(=O)CC[C@H](N)C(=O)O.N[C@@H](CC(=O)O)C(=O)O.N[C@@H](CCC(=O)O)C(=O)O.N[C@@H](CS)C(=O)O. The number of carbonyl (C=O) groups excluding carboxylic acids is 1. The summed E-state index contributed by atoms with van der Waals surface area (Å²) < 4.78 is 0. The van der Waals surface area contributed by atoms with E-state index in [1.807, 2.05) is 0 Å². The second-order valence-electron chi connectivity index (χ2n) is 6.50. The average molecular weight is 548 g/mol. The lowest BCUT2D eigenvalue weighted by Gasteiger charge is -2.01. The van der Waals surface area contributed by atoms with Gasteiger partial charge < -0.3 is 59.3 Å². The lowest BCUT2D eigenvalue weighted by Crippen LogP contribution is -2.32. The molecule has 1 amide bonds. The molecule has 0 aromatic rings. The van der Waals surface area contributed by atoms with Crippen LogP contribution in [0.1, 0.15) is 32.1 Å². The maximum atomic E-state index is 10.1. The van der Waals surface area contributed by atoms with E-state index in [1.54, 1.807) is 0 Å². The van der Waals surface area contributed by atoms with E-state index >= 15 is 0 Å². The van der Waals surface area contributed by atoms with Crippen LogP contribution in [0.3, 0.4) is 0 Å². The van der Waals surface area contributed by atoms with Crippen molar-refractivity contribution < 1.29 is 64.2 Å². The molecule has 0 aliphatic heterocycles. The van der Waals surface area contributed by atoms with E-state index in [1.165, 1.54) is 0 Å². The first-order valence-corrected chi connectivity index (χ1v) is 10.2. The van der Waals surface area contributed by atoms with Gasteiger partial charge in [-0.25, -0.2) is 0 Å². The molecule has 0 saturated carbocycles. The third-order valence-electron chi connectivity index (χ3n) is 3.23. The molecule has 18 nitrogen and oxygen atoms in total. The van der Waals surface area contributed by atoms with Gasteiger partial charge in [0.1, 0.15) is 24.2 Å². The third kappa shape index (κ3) is 32.7. The van der Waals surface area contributed by atoms with Crippen LogP contribution in [0.15, 0.2) is 0 Å². The quantitative estimate of drug-likeness (QED) is 0.0980. The van der Waals surface area contributed by atoms with Crippen LogP contribution in [-0.2, 0) is 33.6 Å². The molecule has 0 heterocycles. The van der Waals surface area contributed by atoms with Crippen LogP contribution in [0.2, 0.25) is 0 Å². The number of hydrogen-bond acceptors (Lipinski definition) is 12. The zero-order chi connectivity index (χ0) is 29.6. The van der Waals surface area contributed by atoms with Gasteiger partial charge in [-0.2, -0.15) is 12.6 Å². The second kappa shape index (κ2) is 23.2. The van der Waals surface area contributed by atoms with Gasteiger partial charge in [0.25, 0.3) is 0 Å². The molecule has 0 fully saturated rings. The lowest BCUT2D eigenvalue weighted by atomic mass is 10.2.